The van der Waals surface area contributed by atoms with Crippen molar-refractivity contribution < 1.29 is 53.9 Å². The van der Waals surface area contributed by atoms with Gasteiger partial charge in [-0.05, 0) is 74.5 Å². The minimum Gasteiger partial charge on any atom is -0.421 e. The lowest BCUT2D eigenvalue weighted by Gasteiger charge is -2.43. The van der Waals surface area contributed by atoms with Crippen molar-refractivity contribution in [2.75, 3.05) is 13.2 Å². The predicted octanol–water partition coefficient (Wildman–Crippen LogP) is 5.96. The van der Waals surface area contributed by atoms with Crippen LogP contribution < -0.4 is 4.74 Å². The molecule has 1 N–H and O–H groups in total. The largest absolute Gasteiger partial charge is 0.466 e. The van der Waals surface area contributed by atoms with Gasteiger partial charge in [0.15, 0.2) is 20.5 Å². The Bertz CT molecular complexity index is 1490. The van der Waals surface area contributed by atoms with Crippen LogP contribution in [0.15, 0.2) is 93.5 Å². The number of hydrogen-bond acceptors (Lipinski definition) is 6. The number of alkyl halides is 5. The molecule has 4 rings (SSSR count). The van der Waals surface area contributed by atoms with Crippen LogP contribution >= 0.6 is 0 Å². The summed E-state index contributed by atoms with van der Waals surface area (Å²) in [5, 5.41) is -5.14. The molecule has 41 heavy (non-hydrogen) atoms. The van der Waals surface area contributed by atoms with Crippen molar-refractivity contribution in [3.8, 4) is 5.75 Å². The summed E-state index contributed by atoms with van der Waals surface area (Å²) in [5.41, 5.74) is -1.63. The summed E-state index contributed by atoms with van der Waals surface area (Å²) in [4.78, 5) is 13.9. The first-order valence-corrected chi connectivity index (χ1v) is 14.6. The van der Waals surface area contributed by atoms with E-state index in [1.54, 1.807) is 31.2 Å². The Morgan fingerprint density at radius 2 is 1.29 bits per heavy atom. The van der Waals surface area contributed by atoms with Crippen LogP contribution in [-0.4, -0.2) is 43.6 Å². The van der Waals surface area contributed by atoms with E-state index in [0.29, 0.717) is 10.5 Å². The van der Waals surface area contributed by atoms with Crippen LogP contribution in [0, 0.1) is 5.41 Å². The number of ether oxygens (including phenoxy) is 3. The normalized spacial score (nSPS) is 22.6. The molecule has 1 saturated heterocycles. The van der Waals surface area contributed by atoms with Gasteiger partial charge in [-0.25, -0.2) is 4.79 Å². The zero-order chi connectivity index (χ0) is 30.3. The van der Waals surface area contributed by atoms with Gasteiger partial charge in [0.2, 0.25) is 0 Å². The molecule has 7 nitrogen and oxygen atoms in total. The molecule has 0 aliphatic carbocycles. The van der Waals surface area contributed by atoms with Crippen LogP contribution in [0.4, 0.5) is 22.0 Å². The summed E-state index contributed by atoms with van der Waals surface area (Å²) < 4.78 is 113. The second-order valence-electron chi connectivity index (χ2n) is 9.58. The lowest BCUT2D eigenvalue weighted by Crippen LogP contribution is -2.52. The first kappa shape index (κ1) is 30.9. The summed E-state index contributed by atoms with van der Waals surface area (Å²) >= 11 is 0. The third kappa shape index (κ3) is 6.26. The van der Waals surface area contributed by atoms with Crippen molar-refractivity contribution in [2.24, 2.45) is 5.41 Å². The zero-order valence-corrected chi connectivity index (χ0v) is 23.2. The van der Waals surface area contributed by atoms with Gasteiger partial charge in [0.25, 0.3) is 0 Å². The van der Waals surface area contributed by atoms with Gasteiger partial charge < -0.3 is 14.2 Å². The summed E-state index contributed by atoms with van der Waals surface area (Å²) in [6.45, 7) is 1.43. The molecule has 3 aromatic rings. The summed E-state index contributed by atoms with van der Waals surface area (Å²) in [5.74, 6) is -4.23. The molecule has 1 fully saturated rings. The molecule has 1 unspecified atom stereocenters. The number of rotatable bonds is 7. The fraction of sp³-hybridized carbons (Fsp3) is 0.296. The fourth-order valence-electron chi connectivity index (χ4n) is 3.78. The van der Waals surface area contributed by atoms with Gasteiger partial charge >= 0.3 is 27.5 Å². The summed E-state index contributed by atoms with van der Waals surface area (Å²) in [6.07, 6.45) is -4.49. The van der Waals surface area contributed by atoms with E-state index in [9.17, 15) is 35.2 Å². The van der Waals surface area contributed by atoms with E-state index in [-0.39, 0.29) is 5.75 Å². The van der Waals surface area contributed by atoms with Crippen LogP contribution in [0.1, 0.15) is 19.4 Å². The standard InChI is InChI=1S/C27H23F5O7S2/c1-24(27(30,31)32)16-37-25(2,38-17-24)18-8-12-21(13-9-18)40(20-6-4-3-5-7-20)22-14-10-19(11-15-22)39-23(33)26(28,29)41(34,35)36/h3-15H,16-17H2,1-2H3/p+1. The maximum atomic E-state index is 13.6. The van der Waals surface area contributed by atoms with Gasteiger partial charge in [0.1, 0.15) is 11.2 Å². The average molecular weight is 620 g/mol. The van der Waals surface area contributed by atoms with Gasteiger partial charge in [-0.15, -0.1) is 0 Å². The molecular weight excluding hydrogens is 595 g/mol. The Hall–Kier alpha value is -3.04. The second kappa shape index (κ2) is 11.0. The molecular formula is C27H24F5O7S2+. The Morgan fingerprint density at radius 3 is 1.76 bits per heavy atom. The van der Waals surface area contributed by atoms with Crippen LogP contribution in [-0.2, 0) is 41.1 Å². The Morgan fingerprint density at radius 1 is 0.829 bits per heavy atom. The van der Waals surface area contributed by atoms with Crippen molar-refractivity contribution in [2.45, 2.75) is 45.8 Å². The molecule has 3 aromatic carbocycles. The van der Waals surface area contributed by atoms with Crippen LogP contribution in [0.3, 0.4) is 0 Å². The minimum atomic E-state index is -6.02. The Kier molecular flexibility index (Phi) is 8.28. The fourth-order valence-corrected chi connectivity index (χ4v) is 6.10. The highest BCUT2D eigenvalue weighted by atomic mass is 32.2. The average Bonchev–Trinajstić information content (AvgIpc) is 2.91. The molecule has 0 bridgehead atoms. The van der Waals surface area contributed by atoms with E-state index in [4.69, 9.17) is 14.0 Å². The van der Waals surface area contributed by atoms with Crippen LogP contribution in [0.5, 0.6) is 5.75 Å². The van der Waals surface area contributed by atoms with Crippen LogP contribution in [0.25, 0.3) is 0 Å². The molecule has 220 valence electrons. The number of carbonyl (C=O) groups excluding carboxylic acids is 1. The quantitative estimate of drug-likeness (QED) is 0.115. The Balaban J connectivity index is 1.59. The lowest BCUT2D eigenvalue weighted by atomic mass is 9.90. The summed E-state index contributed by atoms with van der Waals surface area (Å²) in [7, 11) is -6.79. The highest BCUT2D eigenvalue weighted by molar-refractivity contribution is 7.97. The molecule has 1 aliphatic rings. The predicted molar refractivity (Wildman–Crippen MR) is 137 cm³/mol. The molecule has 0 spiro atoms. The maximum absolute atomic E-state index is 13.6. The van der Waals surface area contributed by atoms with E-state index >= 15 is 0 Å². The third-order valence-electron chi connectivity index (χ3n) is 6.44. The minimum absolute atomic E-state index is 0.376. The van der Waals surface area contributed by atoms with Crippen molar-refractivity contribution >= 4 is 27.0 Å². The first-order chi connectivity index (χ1) is 19.0. The molecule has 0 saturated carbocycles. The topological polar surface area (TPSA) is 99.1 Å². The van der Waals surface area contributed by atoms with Gasteiger partial charge in [-0.1, -0.05) is 18.2 Å². The van der Waals surface area contributed by atoms with Crippen molar-refractivity contribution in [3.05, 3.63) is 84.4 Å². The highest BCUT2D eigenvalue weighted by Crippen LogP contribution is 2.45. The number of carbonyl (C=O) groups is 1. The summed E-state index contributed by atoms with van der Waals surface area (Å²) in [6, 6.07) is 21.5. The number of hydrogen-bond donors (Lipinski definition) is 1. The maximum Gasteiger partial charge on any atom is 0.466 e. The SMILES string of the molecule is CC1(c2ccc([S+](c3ccccc3)c3ccc(OC(=O)C(F)(F)S(=O)(=O)O)cc3)cc2)OCC(C)(C(F)(F)F)CO1. The van der Waals surface area contributed by atoms with Crippen molar-refractivity contribution in [3.63, 3.8) is 0 Å². The molecule has 1 heterocycles. The van der Waals surface area contributed by atoms with E-state index in [0.717, 1.165) is 16.7 Å². The van der Waals surface area contributed by atoms with Gasteiger partial charge in [-0.3, -0.25) is 4.55 Å². The number of halogens is 5. The number of esters is 1. The first-order valence-electron chi connectivity index (χ1n) is 11.9. The second-order valence-corrected chi connectivity index (χ2v) is 13.1. The van der Waals surface area contributed by atoms with E-state index in [2.05, 4.69) is 4.74 Å². The third-order valence-corrected chi connectivity index (χ3v) is 9.49. The highest BCUT2D eigenvalue weighted by Gasteiger charge is 2.56. The molecule has 14 heteroatoms. The molecule has 0 radical (unpaired) electrons. The Labute approximate surface area is 235 Å². The van der Waals surface area contributed by atoms with Crippen LogP contribution in [0.2, 0.25) is 0 Å². The molecule has 1 aliphatic heterocycles. The zero-order valence-electron chi connectivity index (χ0n) is 21.5. The van der Waals surface area contributed by atoms with Gasteiger partial charge in [0.05, 0.1) is 24.1 Å². The molecule has 0 amide bonds. The van der Waals surface area contributed by atoms with E-state index in [1.807, 2.05) is 30.3 Å². The van der Waals surface area contributed by atoms with Crippen molar-refractivity contribution in [1.29, 1.82) is 0 Å². The van der Waals surface area contributed by atoms with E-state index in [1.165, 1.54) is 24.3 Å². The smallest absolute Gasteiger partial charge is 0.421 e. The van der Waals surface area contributed by atoms with Gasteiger partial charge in [0, 0.05) is 5.56 Å². The van der Waals surface area contributed by atoms with E-state index < -0.39 is 62.8 Å². The van der Waals surface area contributed by atoms with Gasteiger partial charge in [-0.2, -0.15) is 30.4 Å². The monoisotopic (exact) mass is 619 g/mol. The van der Waals surface area contributed by atoms with Crippen molar-refractivity contribution in [1.82, 2.24) is 0 Å². The molecule has 0 aromatic heterocycles. The lowest BCUT2D eigenvalue weighted by molar-refractivity contribution is -0.354. The molecule has 1 atom stereocenters. The number of benzene rings is 3.